The minimum atomic E-state index is -3.48. The van der Waals surface area contributed by atoms with E-state index in [1.54, 1.807) is 30.0 Å². The van der Waals surface area contributed by atoms with Crippen molar-refractivity contribution in [3.63, 3.8) is 0 Å². The Morgan fingerprint density at radius 3 is 2.63 bits per heavy atom. The highest BCUT2D eigenvalue weighted by Crippen LogP contribution is 2.29. The van der Waals surface area contributed by atoms with E-state index in [1.807, 2.05) is 0 Å². The third kappa shape index (κ3) is 3.18. The lowest BCUT2D eigenvalue weighted by Gasteiger charge is -2.26. The molecule has 1 aromatic carbocycles. The smallest absolute Gasteiger partial charge is 0.246 e. The number of ether oxygens (including phenoxy) is 1. The van der Waals surface area contributed by atoms with Gasteiger partial charge in [0.25, 0.3) is 0 Å². The average Bonchev–Trinajstić information content (AvgIpc) is 2.47. The molecular weight excluding hydrogens is 306 g/mol. The number of hydrogen-bond acceptors (Lipinski definition) is 4. The van der Waals surface area contributed by atoms with Crippen LogP contribution in [0.15, 0.2) is 23.1 Å². The minimum absolute atomic E-state index is 0.218. The summed E-state index contributed by atoms with van der Waals surface area (Å²) in [5.41, 5.74) is 0.840. The molecule has 0 bridgehead atoms. The maximum Gasteiger partial charge on any atom is 0.246 e. The first-order chi connectivity index (χ1) is 9.09. The van der Waals surface area contributed by atoms with Gasteiger partial charge in [0.15, 0.2) is 0 Å². The average molecular weight is 322 g/mol. The summed E-state index contributed by atoms with van der Waals surface area (Å²) in [5.74, 6) is 2.36. The molecule has 0 N–H and O–H groups in total. The van der Waals surface area contributed by atoms with Crippen molar-refractivity contribution in [2.45, 2.75) is 10.8 Å². The summed E-state index contributed by atoms with van der Waals surface area (Å²) in [6.07, 6.45) is 0. The van der Waals surface area contributed by atoms with Crippen LogP contribution in [0.25, 0.3) is 0 Å². The van der Waals surface area contributed by atoms with Gasteiger partial charge < -0.3 is 4.74 Å². The lowest BCUT2D eigenvalue weighted by molar-refractivity contribution is 0.395. The Hall–Kier alpha value is -0.430. The van der Waals surface area contributed by atoms with Crippen molar-refractivity contribution in [3.05, 3.63) is 23.8 Å². The lowest BCUT2D eigenvalue weighted by Crippen LogP contribution is -2.38. The van der Waals surface area contributed by atoms with Crippen molar-refractivity contribution < 1.29 is 13.2 Å². The Morgan fingerprint density at radius 2 is 2.05 bits per heavy atom. The van der Waals surface area contributed by atoms with Crippen molar-refractivity contribution in [2.75, 3.05) is 31.7 Å². The normalized spacial score (nSPS) is 17.4. The highest BCUT2D eigenvalue weighted by molar-refractivity contribution is 7.99. The molecule has 1 aliphatic heterocycles. The molecule has 1 aromatic rings. The van der Waals surface area contributed by atoms with Gasteiger partial charge in [0.05, 0.1) is 7.11 Å². The van der Waals surface area contributed by atoms with Crippen molar-refractivity contribution in [1.82, 2.24) is 4.31 Å². The summed E-state index contributed by atoms with van der Waals surface area (Å²) in [4.78, 5) is 0.218. The second-order valence-electron chi connectivity index (χ2n) is 4.14. The van der Waals surface area contributed by atoms with Crippen LogP contribution in [0.2, 0.25) is 0 Å². The third-order valence-corrected chi connectivity index (χ3v) is 6.16. The molecule has 0 aliphatic carbocycles. The van der Waals surface area contributed by atoms with E-state index in [0.29, 0.717) is 24.7 Å². The molecule has 106 valence electrons. The fraction of sp³-hybridized carbons (Fsp3) is 0.500. The number of halogens is 1. The second-order valence-corrected chi connectivity index (χ2v) is 7.53. The number of sulfonamides is 1. The van der Waals surface area contributed by atoms with E-state index in [4.69, 9.17) is 16.3 Å². The van der Waals surface area contributed by atoms with Crippen molar-refractivity contribution >= 4 is 33.4 Å². The molecule has 1 heterocycles. The number of thioether (sulfide) groups is 1. The van der Waals surface area contributed by atoms with Crippen molar-refractivity contribution in [1.29, 1.82) is 0 Å². The molecular formula is C12H16ClNO3S2. The zero-order chi connectivity index (χ0) is 13.9. The monoisotopic (exact) mass is 321 g/mol. The van der Waals surface area contributed by atoms with Crippen LogP contribution in [0.1, 0.15) is 5.56 Å². The van der Waals surface area contributed by atoms with Crippen LogP contribution < -0.4 is 4.74 Å². The minimum Gasteiger partial charge on any atom is -0.495 e. The standard InChI is InChI=1S/C12H16ClNO3S2/c1-17-11-8-10(9-13)2-3-12(11)19(15,16)14-4-6-18-7-5-14/h2-3,8H,4-7,9H2,1H3. The predicted molar refractivity (Wildman–Crippen MR) is 78.6 cm³/mol. The Kier molecular flexibility index (Phi) is 5.00. The second kappa shape index (κ2) is 6.35. The van der Waals surface area contributed by atoms with Gasteiger partial charge in [-0.15, -0.1) is 11.6 Å². The predicted octanol–water partition coefficient (Wildman–Crippen LogP) is 2.17. The quantitative estimate of drug-likeness (QED) is 0.797. The van der Waals surface area contributed by atoms with Gasteiger partial charge in [0.1, 0.15) is 10.6 Å². The van der Waals surface area contributed by atoms with Crippen molar-refractivity contribution in [2.24, 2.45) is 0 Å². The summed E-state index contributed by atoms with van der Waals surface area (Å²) in [6, 6.07) is 4.98. The Morgan fingerprint density at radius 1 is 1.37 bits per heavy atom. The number of rotatable bonds is 4. The van der Waals surface area contributed by atoms with Gasteiger partial charge in [-0.25, -0.2) is 8.42 Å². The van der Waals surface area contributed by atoms with E-state index in [-0.39, 0.29) is 4.90 Å². The molecule has 0 radical (unpaired) electrons. The van der Waals surface area contributed by atoms with Gasteiger partial charge in [0.2, 0.25) is 10.0 Å². The van der Waals surface area contributed by atoms with Gasteiger partial charge in [-0.1, -0.05) is 6.07 Å². The van der Waals surface area contributed by atoms with E-state index >= 15 is 0 Å². The summed E-state index contributed by atoms with van der Waals surface area (Å²) in [5, 5.41) is 0. The zero-order valence-electron chi connectivity index (χ0n) is 10.6. The van der Waals surface area contributed by atoms with Crippen LogP contribution in [0, 0.1) is 0 Å². The van der Waals surface area contributed by atoms with E-state index in [9.17, 15) is 8.42 Å². The molecule has 2 rings (SSSR count). The highest BCUT2D eigenvalue weighted by atomic mass is 35.5. The molecule has 0 atom stereocenters. The number of nitrogens with zero attached hydrogens (tertiary/aromatic N) is 1. The van der Waals surface area contributed by atoms with Gasteiger partial charge >= 0.3 is 0 Å². The van der Waals surface area contributed by atoms with E-state index < -0.39 is 10.0 Å². The molecule has 0 amide bonds. The molecule has 0 unspecified atom stereocenters. The first kappa shape index (κ1) is 15.0. The van der Waals surface area contributed by atoms with E-state index in [0.717, 1.165) is 17.1 Å². The SMILES string of the molecule is COc1cc(CCl)ccc1S(=O)(=O)N1CCSCC1. The summed E-state index contributed by atoms with van der Waals surface area (Å²) in [6.45, 7) is 1.10. The number of benzene rings is 1. The maximum atomic E-state index is 12.6. The maximum absolute atomic E-state index is 12.6. The van der Waals surface area contributed by atoms with Gasteiger partial charge in [-0.05, 0) is 17.7 Å². The number of methoxy groups -OCH3 is 1. The van der Waals surface area contributed by atoms with Crippen LogP contribution >= 0.6 is 23.4 Å². The first-order valence-electron chi connectivity index (χ1n) is 5.90. The summed E-state index contributed by atoms with van der Waals surface area (Å²) >= 11 is 7.52. The molecule has 0 saturated carbocycles. The molecule has 19 heavy (non-hydrogen) atoms. The third-order valence-electron chi connectivity index (χ3n) is 2.97. The Bertz CT molecular complexity index is 542. The molecule has 1 saturated heterocycles. The molecule has 4 nitrogen and oxygen atoms in total. The van der Waals surface area contributed by atoms with E-state index in [2.05, 4.69) is 0 Å². The number of hydrogen-bond donors (Lipinski definition) is 0. The molecule has 0 aromatic heterocycles. The van der Waals surface area contributed by atoms with Crippen LogP contribution in [0.4, 0.5) is 0 Å². The summed E-state index contributed by atoms with van der Waals surface area (Å²) < 4.78 is 31.9. The molecule has 1 aliphatic rings. The lowest BCUT2D eigenvalue weighted by atomic mass is 10.2. The van der Waals surface area contributed by atoms with Crippen molar-refractivity contribution in [3.8, 4) is 5.75 Å². The first-order valence-corrected chi connectivity index (χ1v) is 9.03. The Balaban J connectivity index is 2.39. The topological polar surface area (TPSA) is 46.6 Å². The molecule has 7 heteroatoms. The Labute approximate surface area is 123 Å². The van der Waals surface area contributed by atoms with E-state index in [1.165, 1.54) is 11.4 Å². The van der Waals surface area contributed by atoms with Gasteiger partial charge in [0, 0.05) is 30.5 Å². The highest BCUT2D eigenvalue weighted by Gasteiger charge is 2.28. The van der Waals surface area contributed by atoms with Crippen LogP contribution in [0.3, 0.4) is 0 Å². The largest absolute Gasteiger partial charge is 0.495 e. The molecule has 1 fully saturated rings. The zero-order valence-corrected chi connectivity index (χ0v) is 13.0. The van der Waals surface area contributed by atoms with Gasteiger partial charge in [-0.2, -0.15) is 16.1 Å². The van der Waals surface area contributed by atoms with Crippen LogP contribution in [-0.2, 0) is 15.9 Å². The fourth-order valence-corrected chi connectivity index (χ4v) is 4.81. The summed E-state index contributed by atoms with van der Waals surface area (Å²) in [7, 11) is -2.01. The van der Waals surface area contributed by atoms with Crippen LogP contribution in [-0.4, -0.2) is 44.4 Å². The fourth-order valence-electron chi connectivity index (χ4n) is 1.93. The van der Waals surface area contributed by atoms with Gasteiger partial charge in [-0.3, -0.25) is 0 Å². The number of alkyl halides is 1. The van der Waals surface area contributed by atoms with Crippen LogP contribution in [0.5, 0.6) is 5.75 Å². The molecule has 0 spiro atoms.